The number of aromatic amines is 1. The van der Waals surface area contributed by atoms with Crippen molar-refractivity contribution in [3.63, 3.8) is 0 Å². The van der Waals surface area contributed by atoms with Gasteiger partial charge in [0.05, 0.1) is 6.10 Å². The second-order valence-electron chi connectivity index (χ2n) is 5.25. The van der Waals surface area contributed by atoms with Gasteiger partial charge in [-0.1, -0.05) is 6.07 Å². The van der Waals surface area contributed by atoms with Gasteiger partial charge in [-0.3, -0.25) is 4.79 Å². The fourth-order valence-corrected chi connectivity index (χ4v) is 2.86. The molecule has 4 nitrogen and oxygen atoms in total. The van der Waals surface area contributed by atoms with Gasteiger partial charge in [-0.05, 0) is 43.4 Å². The highest BCUT2D eigenvalue weighted by molar-refractivity contribution is 5.98. The largest absolute Gasteiger partial charge is 0.377 e. The van der Waals surface area contributed by atoms with Crippen molar-refractivity contribution in [1.29, 1.82) is 0 Å². The van der Waals surface area contributed by atoms with Crippen LogP contribution in [-0.2, 0) is 4.74 Å². The molecule has 0 bridgehead atoms. The molecule has 20 heavy (non-hydrogen) atoms. The zero-order valence-corrected chi connectivity index (χ0v) is 11.8. The van der Waals surface area contributed by atoms with Crippen LogP contribution in [0.5, 0.6) is 0 Å². The number of nitrogens with zero attached hydrogens (tertiary/aromatic N) is 1. The van der Waals surface area contributed by atoms with Crippen molar-refractivity contribution >= 4 is 16.8 Å². The Hall–Kier alpha value is -1.81. The predicted molar refractivity (Wildman–Crippen MR) is 78.9 cm³/mol. The third kappa shape index (κ3) is 2.56. The lowest BCUT2D eigenvalue weighted by molar-refractivity contribution is 0.00725. The number of hydrogen-bond donors (Lipinski definition) is 1. The van der Waals surface area contributed by atoms with E-state index in [0.717, 1.165) is 35.9 Å². The number of H-pyrrole nitrogens is 1. The first-order valence-corrected chi connectivity index (χ1v) is 7.26. The van der Waals surface area contributed by atoms with E-state index in [1.165, 1.54) is 0 Å². The minimum Gasteiger partial charge on any atom is -0.377 e. The number of likely N-dealkylation sites (tertiary alicyclic amines) is 1. The van der Waals surface area contributed by atoms with Crippen LogP contribution in [0.15, 0.2) is 30.5 Å². The average Bonchev–Trinajstić information content (AvgIpc) is 2.94. The van der Waals surface area contributed by atoms with Crippen LogP contribution in [0, 0.1) is 0 Å². The first-order chi connectivity index (χ1) is 9.78. The maximum Gasteiger partial charge on any atom is 0.254 e. The van der Waals surface area contributed by atoms with Crippen molar-refractivity contribution in [1.82, 2.24) is 9.88 Å². The van der Waals surface area contributed by atoms with E-state index in [1.807, 2.05) is 42.3 Å². The van der Waals surface area contributed by atoms with Crippen molar-refractivity contribution < 1.29 is 9.53 Å². The molecule has 1 saturated heterocycles. The molecule has 2 aromatic rings. The van der Waals surface area contributed by atoms with Crippen molar-refractivity contribution in [2.24, 2.45) is 0 Å². The average molecular weight is 272 g/mol. The van der Waals surface area contributed by atoms with Crippen LogP contribution in [0.4, 0.5) is 0 Å². The second-order valence-corrected chi connectivity index (χ2v) is 5.25. The highest BCUT2D eigenvalue weighted by atomic mass is 16.5. The maximum atomic E-state index is 12.6. The smallest absolute Gasteiger partial charge is 0.254 e. The monoisotopic (exact) mass is 272 g/mol. The van der Waals surface area contributed by atoms with E-state index in [1.54, 1.807) is 0 Å². The van der Waals surface area contributed by atoms with Crippen LogP contribution in [0.25, 0.3) is 10.9 Å². The van der Waals surface area contributed by atoms with E-state index in [9.17, 15) is 4.79 Å². The van der Waals surface area contributed by atoms with Gasteiger partial charge in [-0.2, -0.15) is 0 Å². The number of rotatable bonds is 3. The van der Waals surface area contributed by atoms with Gasteiger partial charge < -0.3 is 14.6 Å². The highest BCUT2D eigenvalue weighted by Gasteiger charge is 2.24. The molecule has 2 heterocycles. The third-order valence-electron chi connectivity index (χ3n) is 3.87. The Bertz CT molecular complexity index is 603. The van der Waals surface area contributed by atoms with E-state index >= 15 is 0 Å². The summed E-state index contributed by atoms with van der Waals surface area (Å²) in [5.74, 6) is 0.103. The normalized spacial score (nSPS) is 19.4. The summed E-state index contributed by atoms with van der Waals surface area (Å²) in [6.07, 6.45) is 4.14. The Morgan fingerprint density at radius 2 is 2.35 bits per heavy atom. The summed E-state index contributed by atoms with van der Waals surface area (Å²) in [4.78, 5) is 17.6. The van der Waals surface area contributed by atoms with Gasteiger partial charge in [0.25, 0.3) is 5.91 Å². The Labute approximate surface area is 118 Å². The van der Waals surface area contributed by atoms with E-state index in [2.05, 4.69) is 4.98 Å². The van der Waals surface area contributed by atoms with E-state index in [0.29, 0.717) is 13.2 Å². The second kappa shape index (κ2) is 5.67. The van der Waals surface area contributed by atoms with Gasteiger partial charge in [0.15, 0.2) is 0 Å². The molecule has 0 aliphatic carbocycles. The molecule has 106 valence electrons. The number of aromatic nitrogens is 1. The van der Waals surface area contributed by atoms with E-state index < -0.39 is 0 Å². The number of carbonyl (C=O) groups is 1. The van der Waals surface area contributed by atoms with Gasteiger partial charge in [0, 0.05) is 37.0 Å². The fourth-order valence-electron chi connectivity index (χ4n) is 2.86. The summed E-state index contributed by atoms with van der Waals surface area (Å²) in [7, 11) is 0. The molecule has 0 spiro atoms. The Kier molecular flexibility index (Phi) is 3.74. The standard InChI is InChI=1S/C16H20N2O2/c1-2-20-14-4-3-9-18(11-14)16(19)13-6-5-12-7-8-17-15(12)10-13/h5-8,10,14,17H,2-4,9,11H2,1H3. The molecule has 1 aliphatic heterocycles. The number of benzene rings is 1. The predicted octanol–water partition coefficient (Wildman–Crippen LogP) is 2.81. The molecule has 1 aromatic heterocycles. The SMILES string of the molecule is CCOC1CCCN(C(=O)c2ccc3cc[nH]c3c2)C1. The van der Waals surface area contributed by atoms with Crippen LogP contribution in [-0.4, -0.2) is 41.6 Å². The van der Waals surface area contributed by atoms with Gasteiger partial charge in [-0.25, -0.2) is 0 Å². The summed E-state index contributed by atoms with van der Waals surface area (Å²) >= 11 is 0. The Balaban J connectivity index is 1.77. The first-order valence-electron chi connectivity index (χ1n) is 7.26. The summed E-state index contributed by atoms with van der Waals surface area (Å²) < 4.78 is 5.66. The molecule has 1 amide bonds. The molecule has 1 aliphatic rings. The van der Waals surface area contributed by atoms with Crippen molar-refractivity contribution in [2.75, 3.05) is 19.7 Å². The summed E-state index contributed by atoms with van der Waals surface area (Å²) in [6, 6.07) is 7.84. The van der Waals surface area contributed by atoms with Crippen LogP contribution >= 0.6 is 0 Å². The number of ether oxygens (including phenoxy) is 1. The zero-order chi connectivity index (χ0) is 13.9. The zero-order valence-electron chi connectivity index (χ0n) is 11.8. The van der Waals surface area contributed by atoms with Crippen molar-refractivity contribution in [2.45, 2.75) is 25.9 Å². The molecule has 1 fully saturated rings. The molecule has 4 heteroatoms. The first kappa shape index (κ1) is 13.2. The summed E-state index contributed by atoms with van der Waals surface area (Å²) in [6.45, 7) is 4.24. The molecule has 0 radical (unpaired) electrons. The van der Waals surface area contributed by atoms with Crippen molar-refractivity contribution in [3.05, 3.63) is 36.0 Å². The molecule has 1 unspecified atom stereocenters. The topological polar surface area (TPSA) is 45.3 Å². The van der Waals surface area contributed by atoms with Crippen molar-refractivity contribution in [3.8, 4) is 0 Å². The minimum absolute atomic E-state index is 0.103. The molecular weight excluding hydrogens is 252 g/mol. The number of hydrogen-bond acceptors (Lipinski definition) is 2. The molecule has 1 aromatic carbocycles. The molecular formula is C16H20N2O2. The van der Waals surface area contributed by atoms with Crippen LogP contribution < -0.4 is 0 Å². The molecule has 3 rings (SSSR count). The van der Waals surface area contributed by atoms with E-state index in [4.69, 9.17) is 4.74 Å². The summed E-state index contributed by atoms with van der Waals surface area (Å²) in [5, 5.41) is 1.13. The summed E-state index contributed by atoms with van der Waals surface area (Å²) in [5.41, 5.74) is 1.76. The number of carbonyl (C=O) groups excluding carboxylic acids is 1. The molecule has 1 N–H and O–H groups in total. The molecule has 1 atom stereocenters. The molecule has 0 saturated carbocycles. The van der Waals surface area contributed by atoms with Gasteiger partial charge in [0.1, 0.15) is 0 Å². The Morgan fingerprint density at radius 3 is 3.20 bits per heavy atom. The van der Waals surface area contributed by atoms with Gasteiger partial charge in [-0.15, -0.1) is 0 Å². The maximum absolute atomic E-state index is 12.6. The lowest BCUT2D eigenvalue weighted by Gasteiger charge is -2.32. The van der Waals surface area contributed by atoms with Crippen LogP contribution in [0.3, 0.4) is 0 Å². The van der Waals surface area contributed by atoms with Gasteiger partial charge in [0.2, 0.25) is 0 Å². The van der Waals surface area contributed by atoms with Gasteiger partial charge >= 0.3 is 0 Å². The quantitative estimate of drug-likeness (QED) is 0.933. The Morgan fingerprint density at radius 1 is 1.45 bits per heavy atom. The lowest BCUT2D eigenvalue weighted by Crippen LogP contribution is -2.43. The number of fused-ring (bicyclic) bond motifs is 1. The van der Waals surface area contributed by atoms with Crippen LogP contribution in [0.1, 0.15) is 30.1 Å². The number of nitrogens with one attached hydrogen (secondary N) is 1. The fraction of sp³-hybridized carbons (Fsp3) is 0.438. The van der Waals surface area contributed by atoms with E-state index in [-0.39, 0.29) is 12.0 Å². The highest BCUT2D eigenvalue weighted by Crippen LogP contribution is 2.19. The van der Waals surface area contributed by atoms with Crippen LogP contribution in [0.2, 0.25) is 0 Å². The number of amides is 1. The lowest BCUT2D eigenvalue weighted by atomic mass is 10.1. The number of piperidine rings is 1. The third-order valence-corrected chi connectivity index (χ3v) is 3.87. The minimum atomic E-state index is 0.103.